The smallest absolute Gasteiger partial charge is 0.342 e. The van der Waals surface area contributed by atoms with Crippen LogP contribution in [0.3, 0.4) is 0 Å². The second-order valence-corrected chi connectivity index (χ2v) is 10.3. The molecule has 172 valence electrons. The third kappa shape index (κ3) is 4.72. The Balaban J connectivity index is 1.19. The third-order valence-electron chi connectivity index (χ3n) is 5.91. The molecule has 0 unspecified atom stereocenters. The van der Waals surface area contributed by atoms with Gasteiger partial charge in [0.2, 0.25) is 11.7 Å². The number of halogens is 3. The number of thiazole rings is 1. The molecule has 0 atom stereocenters. The quantitative estimate of drug-likeness (QED) is 0.337. The SMILES string of the molecule is O=C(CSc1nc2ccccc2s1)N1CCC(Cn2c(C(F)(F)F)nc3ccccc32)CC1. The van der Waals surface area contributed by atoms with Gasteiger partial charge in [-0.15, -0.1) is 11.3 Å². The minimum absolute atomic E-state index is 0.0433. The van der Waals surface area contributed by atoms with E-state index in [1.165, 1.54) is 16.3 Å². The lowest BCUT2D eigenvalue weighted by molar-refractivity contribution is -0.147. The van der Waals surface area contributed by atoms with Crippen molar-refractivity contribution in [2.24, 2.45) is 5.92 Å². The summed E-state index contributed by atoms with van der Waals surface area (Å²) >= 11 is 3.01. The van der Waals surface area contributed by atoms with E-state index < -0.39 is 12.0 Å². The van der Waals surface area contributed by atoms with Crippen molar-refractivity contribution in [2.45, 2.75) is 29.9 Å². The number of hydrogen-bond acceptors (Lipinski definition) is 5. The maximum absolute atomic E-state index is 13.6. The summed E-state index contributed by atoms with van der Waals surface area (Å²) in [6.45, 7) is 1.35. The number of fused-ring (bicyclic) bond motifs is 2. The summed E-state index contributed by atoms with van der Waals surface area (Å²) in [5.41, 5.74) is 1.78. The van der Waals surface area contributed by atoms with Gasteiger partial charge in [0, 0.05) is 19.6 Å². The van der Waals surface area contributed by atoms with E-state index in [4.69, 9.17) is 0 Å². The number of alkyl halides is 3. The molecule has 2 aromatic heterocycles. The van der Waals surface area contributed by atoms with E-state index in [0.29, 0.717) is 42.7 Å². The number of likely N-dealkylation sites (tertiary alicyclic amines) is 1. The number of hydrogen-bond donors (Lipinski definition) is 0. The summed E-state index contributed by atoms with van der Waals surface area (Å²) in [5.74, 6) is -0.435. The fourth-order valence-corrected chi connectivity index (χ4v) is 6.20. The van der Waals surface area contributed by atoms with Gasteiger partial charge in [-0.05, 0) is 43.0 Å². The number of rotatable bonds is 5. The molecular weight excluding hydrogens is 469 g/mol. The Morgan fingerprint density at radius 2 is 1.73 bits per heavy atom. The largest absolute Gasteiger partial charge is 0.449 e. The molecule has 2 aromatic carbocycles. The normalized spacial score (nSPS) is 15.5. The summed E-state index contributed by atoms with van der Waals surface area (Å²) in [6.07, 6.45) is -3.17. The van der Waals surface area contributed by atoms with Crippen molar-refractivity contribution in [3.05, 3.63) is 54.4 Å². The van der Waals surface area contributed by atoms with E-state index in [0.717, 1.165) is 14.6 Å². The molecule has 0 aliphatic carbocycles. The molecule has 4 aromatic rings. The van der Waals surface area contributed by atoms with Gasteiger partial charge in [0.1, 0.15) is 0 Å². The van der Waals surface area contributed by atoms with Crippen molar-refractivity contribution in [2.75, 3.05) is 18.8 Å². The second kappa shape index (κ2) is 8.98. The topological polar surface area (TPSA) is 51.0 Å². The van der Waals surface area contributed by atoms with Crippen LogP contribution in [0.2, 0.25) is 0 Å². The molecule has 1 amide bonds. The van der Waals surface area contributed by atoms with Crippen molar-refractivity contribution in [3.8, 4) is 0 Å². The average molecular weight is 491 g/mol. The molecule has 0 radical (unpaired) electrons. The summed E-state index contributed by atoms with van der Waals surface area (Å²) < 4.78 is 43.9. The zero-order valence-electron chi connectivity index (χ0n) is 17.6. The molecular formula is C23H21F3N4OS2. The Kier molecular flexibility index (Phi) is 6.05. The summed E-state index contributed by atoms with van der Waals surface area (Å²) in [6, 6.07) is 14.6. The van der Waals surface area contributed by atoms with E-state index in [9.17, 15) is 18.0 Å². The Labute approximate surface area is 196 Å². The highest BCUT2D eigenvalue weighted by Crippen LogP contribution is 2.34. The van der Waals surface area contributed by atoms with E-state index in [2.05, 4.69) is 9.97 Å². The van der Waals surface area contributed by atoms with Gasteiger partial charge in [-0.2, -0.15) is 13.2 Å². The highest BCUT2D eigenvalue weighted by molar-refractivity contribution is 8.01. The molecule has 0 N–H and O–H groups in total. The Bertz CT molecular complexity index is 1260. The van der Waals surface area contributed by atoms with Gasteiger partial charge >= 0.3 is 6.18 Å². The number of nitrogens with zero attached hydrogens (tertiary/aromatic N) is 4. The van der Waals surface area contributed by atoms with Gasteiger partial charge in [-0.25, -0.2) is 9.97 Å². The van der Waals surface area contributed by atoms with Crippen molar-refractivity contribution >= 4 is 50.3 Å². The number of aromatic nitrogens is 3. The maximum atomic E-state index is 13.6. The highest BCUT2D eigenvalue weighted by Gasteiger charge is 2.38. The number of amides is 1. The van der Waals surface area contributed by atoms with Crippen LogP contribution in [-0.4, -0.2) is 44.2 Å². The van der Waals surface area contributed by atoms with Crippen LogP contribution in [0.5, 0.6) is 0 Å². The fraction of sp³-hybridized carbons (Fsp3) is 0.348. The minimum Gasteiger partial charge on any atom is -0.342 e. The highest BCUT2D eigenvalue weighted by atomic mass is 32.2. The number of benzene rings is 2. The van der Waals surface area contributed by atoms with E-state index >= 15 is 0 Å². The Morgan fingerprint density at radius 3 is 2.45 bits per heavy atom. The maximum Gasteiger partial charge on any atom is 0.449 e. The number of piperidine rings is 1. The van der Waals surface area contributed by atoms with Crippen LogP contribution in [0.1, 0.15) is 18.7 Å². The predicted octanol–water partition coefficient (Wildman–Crippen LogP) is 5.70. The predicted molar refractivity (Wildman–Crippen MR) is 124 cm³/mol. The minimum atomic E-state index is -4.51. The van der Waals surface area contributed by atoms with Crippen LogP contribution in [0.15, 0.2) is 52.9 Å². The molecule has 1 saturated heterocycles. The molecule has 1 aliphatic rings. The molecule has 1 aliphatic heterocycles. The first-order valence-electron chi connectivity index (χ1n) is 10.7. The lowest BCUT2D eigenvalue weighted by atomic mass is 9.96. The van der Waals surface area contributed by atoms with Crippen molar-refractivity contribution in [3.63, 3.8) is 0 Å². The fourth-order valence-electron chi connectivity index (χ4n) is 4.23. The molecule has 0 bridgehead atoms. The van der Waals surface area contributed by atoms with Gasteiger partial charge in [0.05, 0.1) is 27.0 Å². The third-order valence-corrected chi connectivity index (χ3v) is 8.07. The van der Waals surface area contributed by atoms with Crippen molar-refractivity contribution in [1.82, 2.24) is 19.4 Å². The molecule has 0 saturated carbocycles. The number of imidazole rings is 1. The van der Waals surface area contributed by atoms with Gasteiger partial charge in [0.25, 0.3) is 0 Å². The molecule has 3 heterocycles. The molecule has 0 spiro atoms. The number of carbonyl (C=O) groups is 1. The number of carbonyl (C=O) groups excluding carboxylic acids is 1. The van der Waals surface area contributed by atoms with E-state index in [1.807, 2.05) is 29.2 Å². The summed E-state index contributed by atoms with van der Waals surface area (Å²) in [7, 11) is 0. The summed E-state index contributed by atoms with van der Waals surface area (Å²) in [5, 5.41) is 0. The zero-order chi connectivity index (χ0) is 23.0. The lowest BCUT2D eigenvalue weighted by Gasteiger charge is -2.32. The van der Waals surface area contributed by atoms with Gasteiger partial charge < -0.3 is 9.47 Å². The second-order valence-electron chi connectivity index (χ2n) is 8.09. The summed E-state index contributed by atoms with van der Waals surface area (Å²) in [4.78, 5) is 22.9. The van der Waals surface area contributed by atoms with Crippen LogP contribution in [0.4, 0.5) is 13.2 Å². The molecule has 5 rings (SSSR count). The molecule has 5 nitrogen and oxygen atoms in total. The lowest BCUT2D eigenvalue weighted by Crippen LogP contribution is -2.40. The molecule has 10 heteroatoms. The van der Waals surface area contributed by atoms with E-state index in [-0.39, 0.29) is 18.4 Å². The number of thioether (sulfide) groups is 1. The van der Waals surface area contributed by atoms with Crippen LogP contribution in [0.25, 0.3) is 21.3 Å². The van der Waals surface area contributed by atoms with Crippen LogP contribution in [-0.2, 0) is 17.5 Å². The number of para-hydroxylation sites is 3. The standard InChI is InChI=1S/C23H21F3N4OS2/c24-23(25,26)21-27-16-5-1-3-7-18(16)30(21)13-15-9-11-29(12-10-15)20(31)14-32-22-28-17-6-2-4-8-19(17)33-22/h1-8,15H,9-14H2. The first kappa shape index (κ1) is 22.2. The van der Waals surface area contributed by atoms with Crippen LogP contribution in [0, 0.1) is 5.92 Å². The van der Waals surface area contributed by atoms with Gasteiger partial charge in [-0.3, -0.25) is 4.79 Å². The van der Waals surface area contributed by atoms with Crippen LogP contribution < -0.4 is 0 Å². The molecule has 33 heavy (non-hydrogen) atoms. The first-order chi connectivity index (χ1) is 15.9. The zero-order valence-corrected chi connectivity index (χ0v) is 19.2. The van der Waals surface area contributed by atoms with Crippen LogP contribution >= 0.6 is 23.1 Å². The average Bonchev–Trinajstić information content (AvgIpc) is 3.39. The Morgan fingerprint density at radius 1 is 1.03 bits per heavy atom. The monoisotopic (exact) mass is 490 g/mol. The van der Waals surface area contributed by atoms with Gasteiger partial charge in [0.15, 0.2) is 4.34 Å². The first-order valence-corrected chi connectivity index (χ1v) is 12.5. The Hall–Kier alpha value is -2.59. The van der Waals surface area contributed by atoms with Crippen molar-refractivity contribution in [1.29, 1.82) is 0 Å². The van der Waals surface area contributed by atoms with Crippen molar-refractivity contribution < 1.29 is 18.0 Å². The molecule has 1 fully saturated rings. The van der Waals surface area contributed by atoms with E-state index in [1.54, 1.807) is 35.6 Å². The van der Waals surface area contributed by atoms with Gasteiger partial charge in [-0.1, -0.05) is 36.0 Å².